The van der Waals surface area contributed by atoms with E-state index >= 15 is 0 Å². The summed E-state index contributed by atoms with van der Waals surface area (Å²) in [6, 6.07) is 10.1. The summed E-state index contributed by atoms with van der Waals surface area (Å²) in [7, 11) is 2.11. The van der Waals surface area contributed by atoms with Gasteiger partial charge in [-0.05, 0) is 18.1 Å². The van der Waals surface area contributed by atoms with E-state index in [2.05, 4.69) is 36.8 Å². The molecule has 19 heavy (non-hydrogen) atoms. The smallest absolute Gasteiger partial charge is 0.0854 e. The highest BCUT2D eigenvalue weighted by Gasteiger charge is 2.11. The van der Waals surface area contributed by atoms with E-state index in [-0.39, 0.29) is 6.61 Å². The molecule has 0 bridgehead atoms. The minimum atomic E-state index is -0.0188. The summed E-state index contributed by atoms with van der Waals surface area (Å²) < 4.78 is 0. The Kier molecular flexibility index (Phi) is 4.38. The van der Waals surface area contributed by atoms with Gasteiger partial charge in [0.1, 0.15) is 0 Å². The predicted octanol–water partition coefficient (Wildman–Crippen LogP) is 3.21. The molecule has 0 aliphatic carbocycles. The van der Waals surface area contributed by atoms with Gasteiger partial charge in [0.2, 0.25) is 0 Å². The largest absolute Gasteiger partial charge is 0.390 e. The van der Waals surface area contributed by atoms with Crippen LogP contribution in [0.3, 0.4) is 0 Å². The van der Waals surface area contributed by atoms with E-state index in [0.29, 0.717) is 5.92 Å². The van der Waals surface area contributed by atoms with Crippen molar-refractivity contribution in [1.29, 1.82) is 0 Å². The maximum absolute atomic E-state index is 9.35. The minimum Gasteiger partial charge on any atom is -0.390 e. The molecule has 1 N–H and O–H groups in total. The lowest BCUT2D eigenvalue weighted by Crippen LogP contribution is -2.24. The third-order valence-corrected chi connectivity index (χ3v) is 3.60. The van der Waals surface area contributed by atoms with E-state index in [0.717, 1.165) is 28.8 Å². The molecule has 1 aromatic heterocycles. The van der Waals surface area contributed by atoms with Crippen LogP contribution < -0.4 is 4.90 Å². The Morgan fingerprint density at radius 2 is 2.05 bits per heavy atom. The number of benzene rings is 1. The minimum absolute atomic E-state index is 0.0188. The van der Waals surface area contributed by atoms with E-state index in [9.17, 15) is 5.11 Å². The topological polar surface area (TPSA) is 36.4 Å². The second kappa shape index (κ2) is 6.02. The van der Waals surface area contributed by atoms with Gasteiger partial charge in [-0.25, -0.2) is 0 Å². The van der Waals surface area contributed by atoms with Crippen LogP contribution in [-0.2, 0) is 6.61 Å². The average molecular weight is 258 g/mol. The molecule has 1 atom stereocenters. The van der Waals surface area contributed by atoms with E-state index in [1.165, 1.54) is 6.42 Å². The lowest BCUT2D eigenvalue weighted by molar-refractivity contribution is 0.277. The maximum Gasteiger partial charge on any atom is 0.0854 e. The molecule has 0 aliphatic rings. The third-order valence-electron chi connectivity index (χ3n) is 3.60. The van der Waals surface area contributed by atoms with Gasteiger partial charge in [-0.1, -0.05) is 38.5 Å². The zero-order valence-electron chi connectivity index (χ0n) is 11.9. The first-order valence-electron chi connectivity index (χ1n) is 6.86. The van der Waals surface area contributed by atoms with Crippen molar-refractivity contribution in [3.63, 3.8) is 0 Å². The molecular formula is C16H22N2O. The molecule has 1 heterocycles. The monoisotopic (exact) mass is 258 g/mol. The second-order valence-electron chi connectivity index (χ2n) is 5.20. The van der Waals surface area contributed by atoms with Gasteiger partial charge >= 0.3 is 0 Å². The van der Waals surface area contributed by atoms with Crippen molar-refractivity contribution in [3.05, 3.63) is 36.0 Å². The average Bonchev–Trinajstić information content (AvgIpc) is 2.45. The number of para-hydroxylation sites is 1. The molecule has 102 valence electrons. The van der Waals surface area contributed by atoms with Crippen molar-refractivity contribution >= 4 is 16.6 Å². The number of hydrogen-bond acceptors (Lipinski definition) is 3. The molecular weight excluding hydrogens is 236 g/mol. The molecule has 2 aromatic rings. The first-order chi connectivity index (χ1) is 9.15. The zero-order valence-corrected chi connectivity index (χ0v) is 11.9. The summed E-state index contributed by atoms with van der Waals surface area (Å²) in [5, 5.41) is 10.5. The molecule has 0 saturated carbocycles. The second-order valence-corrected chi connectivity index (χ2v) is 5.20. The van der Waals surface area contributed by atoms with Gasteiger partial charge in [-0.2, -0.15) is 0 Å². The van der Waals surface area contributed by atoms with Crippen molar-refractivity contribution in [3.8, 4) is 0 Å². The van der Waals surface area contributed by atoms with Gasteiger partial charge in [-0.15, -0.1) is 0 Å². The fourth-order valence-corrected chi connectivity index (χ4v) is 2.30. The van der Waals surface area contributed by atoms with Gasteiger partial charge < -0.3 is 10.0 Å². The molecule has 0 amide bonds. The lowest BCUT2D eigenvalue weighted by Gasteiger charge is -2.24. The molecule has 2 rings (SSSR count). The number of aliphatic hydroxyl groups is 1. The van der Waals surface area contributed by atoms with Crippen LogP contribution in [0, 0.1) is 5.92 Å². The van der Waals surface area contributed by atoms with Gasteiger partial charge in [0.15, 0.2) is 0 Å². The van der Waals surface area contributed by atoms with E-state index in [1.807, 2.05) is 24.3 Å². The standard InChI is InChI=1S/C16H22N2O/c1-4-12(2)10-18(3)16-9-13(11-19)17-15-8-6-5-7-14(15)16/h5-9,12,19H,4,10-11H2,1-3H3. The first kappa shape index (κ1) is 13.8. The Morgan fingerprint density at radius 1 is 1.32 bits per heavy atom. The number of fused-ring (bicyclic) bond motifs is 1. The van der Waals surface area contributed by atoms with Crippen molar-refractivity contribution < 1.29 is 5.11 Å². The van der Waals surface area contributed by atoms with Crippen LogP contribution in [0.1, 0.15) is 26.0 Å². The van der Waals surface area contributed by atoms with Crippen molar-refractivity contribution in [2.24, 2.45) is 5.92 Å². The summed E-state index contributed by atoms with van der Waals surface area (Å²) in [6.07, 6.45) is 1.17. The van der Waals surface area contributed by atoms with Crippen LogP contribution in [0.2, 0.25) is 0 Å². The fraction of sp³-hybridized carbons (Fsp3) is 0.438. The summed E-state index contributed by atoms with van der Waals surface area (Å²) in [5.74, 6) is 0.648. The van der Waals surface area contributed by atoms with Gasteiger partial charge in [0, 0.05) is 24.7 Å². The summed E-state index contributed by atoms with van der Waals surface area (Å²) in [4.78, 5) is 6.72. The van der Waals surface area contributed by atoms with Crippen LogP contribution >= 0.6 is 0 Å². The number of rotatable bonds is 5. The summed E-state index contributed by atoms with van der Waals surface area (Å²) >= 11 is 0. The van der Waals surface area contributed by atoms with Crippen LogP contribution in [0.15, 0.2) is 30.3 Å². The van der Waals surface area contributed by atoms with Gasteiger partial charge in [0.05, 0.1) is 17.8 Å². The summed E-state index contributed by atoms with van der Waals surface area (Å²) in [5.41, 5.74) is 2.82. The Bertz CT molecular complexity index is 553. The number of hydrogen-bond donors (Lipinski definition) is 1. The van der Waals surface area contributed by atoms with Crippen LogP contribution in [0.25, 0.3) is 10.9 Å². The molecule has 3 nitrogen and oxygen atoms in total. The summed E-state index contributed by atoms with van der Waals surface area (Å²) in [6.45, 7) is 5.46. The van der Waals surface area contributed by atoms with E-state index in [1.54, 1.807) is 0 Å². The number of anilines is 1. The molecule has 0 spiro atoms. The molecule has 3 heteroatoms. The molecule has 0 radical (unpaired) electrons. The van der Waals surface area contributed by atoms with Gasteiger partial charge in [-0.3, -0.25) is 4.98 Å². The van der Waals surface area contributed by atoms with Gasteiger partial charge in [0.25, 0.3) is 0 Å². The molecule has 0 saturated heterocycles. The van der Waals surface area contributed by atoms with Crippen molar-refractivity contribution in [1.82, 2.24) is 4.98 Å². The molecule has 0 aliphatic heterocycles. The normalized spacial score (nSPS) is 12.6. The molecule has 1 aromatic carbocycles. The predicted molar refractivity (Wildman–Crippen MR) is 80.4 cm³/mol. The number of nitrogens with zero attached hydrogens (tertiary/aromatic N) is 2. The Labute approximate surface area is 114 Å². The zero-order chi connectivity index (χ0) is 13.8. The van der Waals surface area contributed by atoms with Crippen molar-refractivity contribution in [2.45, 2.75) is 26.9 Å². The first-order valence-corrected chi connectivity index (χ1v) is 6.86. The number of aromatic nitrogens is 1. The SMILES string of the molecule is CCC(C)CN(C)c1cc(CO)nc2ccccc12. The Morgan fingerprint density at radius 3 is 2.74 bits per heavy atom. The Hall–Kier alpha value is -1.61. The number of aliphatic hydroxyl groups excluding tert-OH is 1. The lowest BCUT2D eigenvalue weighted by atomic mass is 10.1. The van der Waals surface area contributed by atoms with Crippen LogP contribution in [0.4, 0.5) is 5.69 Å². The highest BCUT2D eigenvalue weighted by molar-refractivity contribution is 5.91. The van der Waals surface area contributed by atoms with E-state index in [4.69, 9.17) is 0 Å². The highest BCUT2D eigenvalue weighted by atomic mass is 16.3. The van der Waals surface area contributed by atoms with Crippen molar-refractivity contribution in [2.75, 3.05) is 18.5 Å². The highest BCUT2D eigenvalue weighted by Crippen LogP contribution is 2.26. The van der Waals surface area contributed by atoms with Crippen LogP contribution in [0.5, 0.6) is 0 Å². The van der Waals surface area contributed by atoms with E-state index < -0.39 is 0 Å². The molecule has 1 unspecified atom stereocenters. The molecule has 0 fully saturated rings. The fourth-order valence-electron chi connectivity index (χ4n) is 2.30. The third kappa shape index (κ3) is 3.04. The quantitative estimate of drug-likeness (QED) is 0.894. The Balaban J connectivity index is 2.45. The maximum atomic E-state index is 9.35. The number of pyridine rings is 1. The van der Waals surface area contributed by atoms with Crippen LogP contribution in [-0.4, -0.2) is 23.7 Å².